The van der Waals surface area contributed by atoms with Crippen LogP contribution in [-0.4, -0.2) is 4.55 Å². The fraction of sp³-hybridized carbons (Fsp3) is 0.143. The summed E-state index contributed by atoms with van der Waals surface area (Å²) in [6.07, 6.45) is 0. The molecule has 0 aliphatic carbocycles. The van der Waals surface area contributed by atoms with Crippen LogP contribution in [0.2, 0.25) is 0 Å². The lowest BCUT2D eigenvalue weighted by molar-refractivity contribution is 0.590. The molecular formula is C14H2Br10Cl2OS. The smallest absolute Gasteiger partial charge is 0.218 e. The Labute approximate surface area is 259 Å². The second-order valence-corrected chi connectivity index (χ2v) is 15.8. The first kappa shape index (κ1) is 28.4. The highest BCUT2D eigenvalue weighted by Crippen LogP contribution is 2.54. The van der Waals surface area contributed by atoms with Gasteiger partial charge in [-0.2, -0.15) is 0 Å². The van der Waals surface area contributed by atoms with E-state index < -0.39 is 20.6 Å². The molecule has 0 fully saturated rings. The Bertz CT molecular complexity index is 823. The minimum Gasteiger partial charge on any atom is -0.614 e. The number of hydrogen-bond donors (Lipinski definition) is 0. The third kappa shape index (κ3) is 5.51. The highest BCUT2D eigenvalue weighted by Gasteiger charge is 2.38. The van der Waals surface area contributed by atoms with E-state index in [9.17, 15) is 4.55 Å². The van der Waals surface area contributed by atoms with Crippen molar-refractivity contribution in [2.45, 2.75) is 9.42 Å². The lowest BCUT2D eigenvalue weighted by Gasteiger charge is -2.26. The molecule has 0 bridgehead atoms. The molecule has 14 heteroatoms. The van der Waals surface area contributed by atoms with Gasteiger partial charge in [0.2, 0.25) is 9.42 Å². The van der Waals surface area contributed by atoms with Crippen molar-refractivity contribution < 1.29 is 4.55 Å². The van der Waals surface area contributed by atoms with E-state index in [0.29, 0.717) is 29.0 Å². The maximum Gasteiger partial charge on any atom is 0.218 e. The Kier molecular flexibility index (Phi) is 11.9. The topological polar surface area (TPSA) is 23.1 Å². The Morgan fingerprint density at radius 2 is 0.643 bits per heavy atom. The van der Waals surface area contributed by atoms with Crippen LogP contribution < -0.4 is 0 Å². The fourth-order valence-electron chi connectivity index (χ4n) is 1.98. The molecule has 2 rings (SSSR count). The average Bonchev–Trinajstić information content (AvgIpc) is 2.67. The van der Waals surface area contributed by atoms with Crippen molar-refractivity contribution in [2.24, 2.45) is 0 Å². The first-order valence-electron chi connectivity index (χ1n) is 6.54. The van der Waals surface area contributed by atoms with Crippen molar-refractivity contribution >= 4 is 194 Å². The maximum absolute atomic E-state index is 13.3. The normalized spacial score (nSPS) is 14.9. The molecule has 0 saturated heterocycles. The van der Waals surface area contributed by atoms with Crippen LogP contribution in [0.4, 0.5) is 0 Å². The molecule has 0 saturated carbocycles. The van der Waals surface area contributed by atoms with E-state index in [-0.39, 0.29) is 0 Å². The van der Waals surface area contributed by atoms with E-state index in [2.05, 4.69) is 159 Å². The van der Waals surface area contributed by atoms with E-state index >= 15 is 0 Å². The van der Waals surface area contributed by atoms with E-state index in [4.69, 9.17) is 23.2 Å². The summed E-state index contributed by atoms with van der Waals surface area (Å²) in [6.45, 7) is 0. The minimum atomic E-state index is -1.70. The summed E-state index contributed by atoms with van der Waals surface area (Å²) in [5, 5.41) is 0. The van der Waals surface area contributed by atoms with Crippen LogP contribution in [0.5, 0.6) is 0 Å². The maximum atomic E-state index is 13.3. The molecule has 2 aromatic rings. The lowest BCUT2D eigenvalue weighted by atomic mass is 10.2. The van der Waals surface area contributed by atoms with Crippen LogP contribution in [0.25, 0.3) is 0 Å². The molecule has 0 N–H and O–H groups in total. The van der Waals surface area contributed by atoms with Crippen molar-refractivity contribution in [1.82, 2.24) is 0 Å². The Hall–Kier alpha value is 4.13. The molecule has 0 aromatic heterocycles. The van der Waals surface area contributed by atoms with Crippen LogP contribution in [-0.2, 0) is 11.2 Å². The summed E-state index contributed by atoms with van der Waals surface area (Å²) in [7, 11) is 0. The van der Waals surface area contributed by atoms with Gasteiger partial charge in [0.05, 0.1) is 11.1 Å². The summed E-state index contributed by atoms with van der Waals surface area (Å²) < 4.78 is 18.7. The number of hydrogen-bond acceptors (Lipinski definition) is 1. The molecular weight excluding hydrogens is 1090 g/mol. The Morgan fingerprint density at radius 3 is 0.857 bits per heavy atom. The van der Waals surface area contributed by atoms with Crippen LogP contribution in [0, 0.1) is 0 Å². The number of halogens is 12. The molecule has 1 nitrogen and oxygen atoms in total. The van der Waals surface area contributed by atoms with Crippen LogP contribution in [0.1, 0.15) is 20.5 Å². The third-order valence-corrected chi connectivity index (χ3v) is 18.4. The molecule has 0 aliphatic heterocycles. The summed E-state index contributed by atoms with van der Waals surface area (Å²) >= 11 is 46.7. The van der Waals surface area contributed by atoms with Gasteiger partial charge in [-0.3, -0.25) is 0 Å². The molecule has 0 aliphatic rings. The van der Waals surface area contributed by atoms with Gasteiger partial charge in [0.1, 0.15) is 0 Å². The molecule has 0 spiro atoms. The Morgan fingerprint density at radius 1 is 0.464 bits per heavy atom. The zero-order chi connectivity index (χ0) is 21.7. The number of benzene rings is 2. The van der Waals surface area contributed by atoms with Crippen molar-refractivity contribution in [1.29, 1.82) is 0 Å². The van der Waals surface area contributed by atoms with Crippen LogP contribution in [0.3, 0.4) is 0 Å². The summed E-state index contributed by atoms with van der Waals surface area (Å²) in [5.74, 6) is 0. The monoisotopic (exact) mass is 1080 g/mol. The van der Waals surface area contributed by atoms with Crippen molar-refractivity contribution in [3.63, 3.8) is 0 Å². The summed E-state index contributed by atoms with van der Waals surface area (Å²) in [5.41, 5.74) is 1.21. The first-order valence-corrected chi connectivity index (χ1v) is 16.6. The molecule has 0 heterocycles. The Balaban J connectivity index is 2.59. The van der Waals surface area contributed by atoms with E-state index in [1.165, 1.54) is 0 Å². The zero-order valence-electron chi connectivity index (χ0n) is 12.5. The molecule has 0 amide bonds. The molecule has 2 aromatic carbocycles. The van der Waals surface area contributed by atoms with Crippen molar-refractivity contribution in [2.75, 3.05) is 0 Å². The standard InChI is InChI=1S/C14H2Br10Cl2OS/c15-3-1(4(16)8(20)11(23)7(3)19)13(25)28(27)14(26)2-5(17)9(21)12(24)10(22)6(2)18/h13-14H. The van der Waals surface area contributed by atoms with Crippen molar-refractivity contribution in [3.8, 4) is 0 Å². The molecule has 154 valence electrons. The number of rotatable bonds is 4. The predicted octanol–water partition coefficient (Wildman–Crippen LogP) is 12.2. The highest BCUT2D eigenvalue weighted by atomic mass is 79.9. The van der Waals surface area contributed by atoms with Gasteiger partial charge in [0.25, 0.3) is 0 Å². The molecule has 2 unspecified atom stereocenters. The van der Waals surface area contributed by atoms with Gasteiger partial charge in [-0.15, -0.1) is 0 Å². The van der Waals surface area contributed by atoms with Gasteiger partial charge in [-0.05, 0) is 170 Å². The zero-order valence-corrected chi connectivity index (χ0v) is 30.7. The van der Waals surface area contributed by atoms with Crippen molar-refractivity contribution in [3.05, 3.63) is 55.9 Å². The fourth-order valence-corrected chi connectivity index (χ4v) is 12.5. The third-order valence-electron chi connectivity index (χ3n) is 3.35. The van der Waals surface area contributed by atoms with Gasteiger partial charge >= 0.3 is 0 Å². The molecule has 2 atom stereocenters. The highest BCUT2D eigenvalue weighted by molar-refractivity contribution is 9.16. The van der Waals surface area contributed by atoms with Gasteiger partial charge in [-0.1, -0.05) is 23.2 Å². The largest absolute Gasteiger partial charge is 0.614 e. The first-order chi connectivity index (χ1) is 12.8. The quantitative estimate of drug-likeness (QED) is 0.130. The van der Waals surface area contributed by atoms with Gasteiger partial charge in [0.15, 0.2) is 0 Å². The number of alkyl halides is 2. The van der Waals surface area contributed by atoms with E-state index in [1.54, 1.807) is 0 Å². The minimum absolute atomic E-state index is 0.607. The lowest BCUT2D eigenvalue weighted by Crippen LogP contribution is -2.16. The molecule has 0 radical (unpaired) electrons. The van der Waals surface area contributed by atoms with Gasteiger partial charge in [-0.25, -0.2) is 0 Å². The summed E-state index contributed by atoms with van der Waals surface area (Å²) in [4.78, 5) is 0. The SMILES string of the molecule is [O-][S+](C(Cl)c1c(Br)c(Br)c(Br)c(Br)c1Br)C(Cl)c1c(Br)c(Br)c(Br)c(Br)c1Br. The second-order valence-electron chi connectivity index (χ2n) is 4.93. The van der Waals surface area contributed by atoms with Gasteiger partial charge in [0, 0.05) is 44.7 Å². The van der Waals surface area contributed by atoms with E-state index in [1.807, 2.05) is 0 Å². The van der Waals surface area contributed by atoms with Crippen LogP contribution >= 0.6 is 183 Å². The van der Waals surface area contributed by atoms with E-state index in [0.717, 1.165) is 26.8 Å². The van der Waals surface area contributed by atoms with Crippen LogP contribution in [0.15, 0.2) is 44.7 Å². The average molecular weight is 1090 g/mol. The second kappa shape index (κ2) is 11.7. The summed E-state index contributed by atoms with van der Waals surface area (Å²) in [6, 6.07) is 0. The van der Waals surface area contributed by atoms with Gasteiger partial charge < -0.3 is 4.55 Å². The predicted molar refractivity (Wildman–Crippen MR) is 155 cm³/mol. The molecule has 28 heavy (non-hydrogen) atoms.